The van der Waals surface area contributed by atoms with Crippen LogP contribution in [0.25, 0.3) is 0 Å². The number of benzene rings is 3. The minimum Gasteiger partial charge on any atom is -0.457 e. The molecule has 0 saturated carbocycles. The molecule has 0 spiro atoms. The summed E-state index contributed by atoms with van der Waals surface area (Å²) in [6.07, 6.45) is 0. The van der Waals surface area contributed by atoms with Crippen molar-refractivity contribution in [1.29, 1.82) is 0 Å². The number of amides is 2. The van der Waals surface area contributed by atoms with Crippen molar-refractivity contribution < 1.29 is 23.5 Å². The van der Waals surface area contributed by atoms with Crippen LogP contribution >= 0.6 is 0 Å². The van der Waals surface area contributed by atoms with Gasteiger partial charge in [-0.15, -0.1) is 0 Å². The summed E-state index contributed by atoms with van der Waals surface area (Å²) in [5, 5.41) is 2.74. The van der Waals surface area contributed by atoms with Crippen LogP contribution < -0.4 is 15.0 Å². The number of para-hydroxylation sites is 1. The highest BCUT2D eigenvalue weighted by atomic mass is 19.1. The maximum absolute atomic E-state index is 13.1. The van der Waals surface area contributed by atoms with Gasteiger partial charge in [0, 0.05) is 37.6 Å². The Morgan fingerprint density at radius 3 is 2.12 bits per heavy atom. The van der Waals surface area contributed by atoms with Gasteiger partial charge in [-0.1, -0.05) is 18.2 Å². The summed E-state index contributed by atoms with van der Waals surface area (Å²) in [7, 11) is 0. The van der Waals surface area contributed by atoms with E-state index in [2.05, 4.69) is 10.2 Å². The van der Waals surface area contributed by atoms with E-state index in [0.717, 1.165) is 11.4 Å². The maximum Gasteiger partial charge on any atom is 0.250 e. The highest BCUT2D eigenvalue weighted by Crippen LogP contribution is 2.22. The van der Waals surface area contributed by atoms with Crippen LogP contribution in [0.3, 0.4) is 0 Å². The lowest BCUT2D eigenvalue weighted by Crippen LogP contribution is -2.49. The first-order chi connectivity index (χ1) is 16.6. The van der Waals surface area contributed by atoms with Gasteiger partial charge < -0.3 is 24.6 Å². The summed E-state index contributed by atoms with van der Waals surface area (Å²) in [5.74, 6) is 0.618. The molecule has 0 aromatic heterocycles. The number of rotatable bonds is 8. The zero-order chi connectivity index (χ0) is 23.8. The number of carbonyl (C=O) groups excluding carboxylic acids is 2. The first-order valence-corrected chi connectivity index (χ1v) is 11.1. The molecular weight excluding hydrogens is 437 g/mol. The number of nitrogens with zero attached hydrogens (tertiary/aromatic N) is 2. The fourth-order valence-corrected chi connectivity index (χ4v) is 3.62. The lowest BCUT2D eigenvalue weighted by Gasteiger charge is -2.36. The van der Waals surface area contributed by atoms with Gasteiger partial charge in [-0.25, -0.2) is 4.39 Å². The summed E-state index contributed by atoms with van der Waals surface area (Å²) in [5.41, 5.74) is 1.54. The van der Waals surface area contributed by atoms with E-state index in [1.165, 1.54) is 12.1 Å². The molecule has 3 aromatic carbocycles. The van der Waals surface area contributed by atoms with Crippen LogP contribution in [-0.2, 0) is 14.3 Å². The van der Waals surface area contributed by atoms with Crippen molar-refractivity contribution in [3.63, 3.8) is 0 Å². The molecule has 1 aliphatic heterocycles. The third-order valence-corrected chi connectivity index (χ3v) is 5.40. The smallest absolute Gasteiger partial charge is 0.250 e. The van der Waals surface area contributed by atoms with Crippen molar-refractivity contribution in [2.24, 2.45) is 0 Å². The lowest BCUT2D eigenvalue weighted by molar-refractivity contribution is -0.137. The van der Waals surface area contributed by atoms with E-state index < -0.39 is 0 Å². The quantitative estimate of drug-likeness (QED) is 0.548. The second-order valence-corrected chi connectivity index (χ2v) is 7.82. The van der Waals surface area contributed by atoms with E-state index in [0.29, 0.717) is 37.6 Å². The molecule has 1 fully saturated rings. The Balaban J connectivity index is 1.15. The zero-order valence-corrected chi connectivity index (χ0v) is 18.7. The van der Waals surface area contributed by atoms with Gasteiger partial charge >= 0.3 is 0 Å². The zero-order valence-electron chi connectivity index (χ0n) is 18.7. The third-order valence-electron chi connectivity index (χ3n) is 5.40. The lowest BCUT2D eigenvalue weighted by atomic mass is 10.2. The van der Waals surface area contributed by atoms with Crippen molar-refractivity contribution in [1.82, 2.24) is 4.90 Å². The molecular formula is C26H26FN3O4. The highest BCUT2D eigenvalue weighted by molar-refractivity contribution is 5.92. The number of anilines is 2. The molecule has 1 N–H and O–H groups in total. The first-order valence-electron chi connectivity index (χ1n) is 11.1. The number of ether oxygens (including phenoxy) is 2. The maximum atomic E-state index is 13.1. The van der Waals surface area contributed by atoms with E-state index in [1.54, 1.807) is 41.3 Å². The number of carbonyl (C=O) groups is 2. The van der Waals surface area contributed by atoms with Crippen LogP contribution in [0.2, 0.25) is 0 Å². The average Bonchev–Trinajstić information content (AvgIpc) is 2.86. The van der Waals surface area contributed by atoms with Crippen molar-refractivity contribution in [2.45, 2.75) is 0 Å². The molecule has 3 aromatic rings. The van der Waals surface area contributed by atoms with Crippen LogP contribution in [0.1, 0.15) is 0 Å². The molecule has 0 bridgehead atoms. The molecule has 1 aliphatic rings. The van der Waals surface area contributed by atoms with Gasteiger partial charge in [-0.3, -0.25) is 9.59 Å². The Hall–Kier alpha value is -3.91. The standard InChI is InChI=1S/C26H26FN3O4/c27-20-6-10-22(11-7-20)29-14-16-30(17-15-29)26(32)19-33-18-25(31)28-21-8-12-24(13-9-21)34-23-4-2-1-3-5-23/h1-13H,14-19H2,(H,28,31). The number of hydrogen-bond acceptors (Lipinski definition) is 5. The predicted octanol–water partition coefficient (Wildman–Crippen LogP) is 3.92. The van der Waals surface area contributed by atoms with E-state index in [-0.39, 0.29) is 30.8 Å². The van der Waals surface area contributed by atoms with Crippen LogP contribution in [0.5, 0.6) is 11.5 Å². The van der Waals surface area contributed by atoms with Gasteiger partial charge in [0.1, 0.15) is 30.5 Å². The van der Waals surface area contributed by atoms with E-state index in [4.69, 9.17) is 9.47 Å². The molecule has 4 rings (SSSR count). The molecule has 1 saturated heterocycles. The van der Waals surface area contributed by atoms with Gasteiger partial charge in [0.25, 0.3) is 0 Å². The number of halogens is 1. The summed E-state index contributed by atoms with van der Waals surface area (Å²) >= 11 is 0. The normalized spacial score (nSPS) is 13.4. The molecule has 7 nitrogen and oxygen atoms in total. The van der Waals surface area contributed by atoms with Crippen LogP contribution in [0.4, 0.5) is 15.8 Å². The van der Waals surface area contributed by atoms with Crippen molar-refractivity contribution in [2.75, 3.05) is 49.6 Å². The average molecular weight is 464 g/mol. The van der Waals surface area contributed by atoms with Crippen LogP contribution in [0, 0.1) is 5.82 Å². The molecule has 34 heavy (non-hydrogen) atoms. The second kappa shape index (κ2) is 11.3. The van der Waals surface area contributed by atoms with Crippen LogP contribution in [0.15, 0.2) is 78.9 Å². The van der Waals surface area contributed by atoms with Crippen molar-refractivity contribution in [3.05, 3.63) is 84.7 Å². The van der Waals surface area contributed by atoms with Gasteiger partial charge in [-0.2, -0.15) is 0 Å². The van der Waals surface area contributed by atoms with Crippen LogP contribution in [-0.4, -0.2) is 56.1 Å². The Morgan fingerprint density at radius 2 is 1.44 bits per heavy atom. The second-order valence-electron chi connectivity index (χ2n) is 7.82. The molecule has 176 valence electrons. The van der Waals surface area contributed by atoms with E-state index in [9.17, 15) is 14.0 Å². The Kier molecular flexibility index (Phi) is 7.72. The summed E-state index contributed by atoms with van der Waals surface area (Å²) in [6.45, 7) is 2.02. The molecule has 0 aliphatic carbocycles. The van der Waals surface area contributed by atoms with E-state index >= 15 is 0 Å². The largest absolute Gasteiger partial charge is 0.457 e. The Morgan fingerprint density at radius 1 is 0.794 bits per heavy atom. The molecule has 0 unspecified atom stereocenters. The topological polar surface area (TPSA) is 71.1 Å². The molecule has 0 atom stereocenters. The van der Waals surface area contributed by atoms with E-state index in [1.807, 2.05) is 30.3 Å². The van der Waals surface area contributed by atoms with Crippen molar-refractivity contribution >= 4 is 23.2 Å². The molecule has 2 amide bonds. The monoisotopic (exact) mass is 463 g/mol. The third kappa shape index (κ3) is 6.55. The number of nitrogens with one attached hydrogen (secondary N) is 1. The minimum absolute atomic E-state index is 0.158. The number of hydrogen-bond donors (Lipinski definition) is 1. The summed E-state index contributed by atoms with van der Waals surface area (Å²) in [6, 6.07) is 22.7. The van der Waals surface area contributed by atoms with Gasteiger partial charge in [0.2, 0.25) is 11.8 Å². The van der Waals surface area contributed by atoms with Crippen molar-refractivity contribution in [3.8, 4) is 11.5 Å². The highest BCUT2D eigenvalue weighted by Gasteiger charge is 2.21. The fourth-order valence-electron chi connectivity index (χ4n) is 3.62. The van der Waals surface area contributed by atoms with Gasteiger partial charge in [0.15, 0.2) is 0 Å². The fraction of sp³-hybridized carbons (Fsp3) is 0.231. The van der Waals surface area contributed by atoms with Gasteiger partial charge in [0.05, 0.1) is 0 Å². The predicted molar refractivity (Wildman–Crippen MR) is 128 cm³/mol. The summed E-state index contributed by atoms with van der Waals surface area (Å²) < 4.78 is 24.1. The molecule has 1 heterocycles. The number of piperazine rings is 1. The SMILES string of the molecule is O=C(COCC(=O)N1CCN(c2ccc(F)cc2)CC1)Nc1ccc(Oc2ccccc2)cc1. The summed E-state index contributed by atoms with van der Waals surface area (Å²) in [4.78, 5) is 28.4. The van der Waals surface area contributed by atoms with Gasteiger partial charge in [-0.05, 0) is 60.7 Å². The first kappa shape index (κ1) is 23.3. The Labute approximate surface area is 197 Å². The molecule has 0 radical (unpaired) electrons. The Bertz CT molecular complexity index is 1080. The molecule has 8 heteroatoms. The minimum atomic E-state index is -0.342.